The average Bonchev–Trinajstić information content (AvgIpc) is 3.26. The summed E-state index contributed by atoms with van der Waals surface area (Å²) in [5.41, 5.74) is 3.25. The fraction of sp³-hybridized carbons (Fsp3) is 0.412. The zero-order valence-electron chi connectivity index (χ0n) is 23.6. The van der Waals surface area contributed by atoms with Gasteiger partial charge in [-0.1, -0.05) is 112 Å². The van der Waals surface area contributed by atoms with Gasteiger partial charge in [0.1, 0.15) is 5.75 Å². The molecule has 0 spiro atoms. The van der Waals surface area contributed by atoms with Crippen LogP contribution in [0, 0.1) is 0 Å². The van der Waals surface area contributed by atoms with Gasteiger partial charge in [-0.15, -0.1) is 11.8 Å². The minimum absolute atomic E-state index is 0.0145. The number of hydrogen-bond donors (Lipinski definition) is 1. The van der Waals surface area contributed by atoms with Crippen molar-refractivity contribution in [2.75, 3.05) is 6.54 Å². The second-order valence-corrected chi connectivity index (χ2v) is 12.0. The third-order valence-corrected chi connectivity index (χ3v) is 9.01. The molecule has 40 heavy (non-hydrogen) atoms. The monoisotopic (exact) mass is 558 g/mol. The number of carbonyl (C=O) groups excluding carboxylic acids is 2. The van der Waals surface area contributed by atoms with E-state index in [1.807, 2.05) is 82.6 Å². The quantitative estimate of drug-likeness (QED) is 0.201. The van der Waals surface area contributed by atoms with Crippen LogP contribution in [0.5, 0.6) is 5.75 Å². The smallest absolute Gasteiger partial charge is 0.237 e. The van der Waals surface area contributed by atoms with E-state index < -0.39 is 0 Å². The van der Waals surface area contributed by atoms with Crippen molar-refractivity contribution in [2.45, 2.75) is 82.0 Å². The van der Waals surface area contributed by atoms with Crippen molar-refractivity contribution >= 4 is 23.6 Å². The lowest BCUT2D eigenvalue weighted by Crippen LogP contribution is -2.38. The highest BCUT2D eigenvalue weighted by Gasteiger charge is 2.41. The van der Waals surface area contributed by atoms with E-state index in [0.717, 1.165) is 36.0 Å². The zero-order chi connectivity index (χ0) is 28.2. The normalized spacial score (nSPS) is 16.8. The number of unbranched alkanes of at least 4 members (excludes halogenated alkanes) is 4. The first-order chi connectivity index (χ1) is 19.5. The van der Waals surface area contributed by atoms with Crippen molar-refractivity contribution in [3.63, 3.8) is 0 Å². The largest absolute Gasteiger partial charge is 0.508 e. The Morgan fingerprint density at radius 1 is 0.825 bits per heavy atom. The Morgan fingerprint density at radius 2 is 1.43 bits per heavy atom. The van der Waals surface area contributed by atoms with Crippen molar-refractivity contribution < 1.29 is 14.7 Å². The van der Waals surface area contributed by atoms with E-state index in [0.29, 0.717) is 19.6 Å². The van der Waals surface area contributed by atoms with Crippen LogP contribution in [-0.2, 0) is 29.1 Å². The molecule has 2 amide bonds. The van der Waals surface area contributed by atoms with E-state index >= 15 is 0 Å². The van der Waals surface area contributed by atoms with Crippen molar-refractivity contribution in [3.8, 4) is 5.75 Å². The summed E-state index contributed by atoms with van der Waals surface area (Å²) >= 11 is 1.68. The van der Waals surface area contributed by atoms with Crippen molar-refractivity contribution in [2.24, 2.45) is 0 Å². The fourth-order valence-corrected chi connectivity index (χ4v) is 6.75. The molecule has 0 radical (unpaired) electrons. The van der Waals surface area contributed by atoms with Gasteiger partial charge >= 0.3 is 0 Å². The number of hydrogen-bond acceptors (Lipinski definition) is 4. The van der Waals surface area contributed by atoms with E-state index in [9.17, 15) is 14.7 Å². The van der Waals surface area contributed by atoms with E-state index in [-0.39, 0.29) is 34.6 Å². The molecule has 3 aromatic rings. The molecule has 3 aromatic carbocycles. The van der Waals surface area contributed by atoms with Crippen LogP contribution < -0.4 is 0 Å². The second kappa shape index (κ2) is 15.5. The van der Waals surface area contributed by atoms with E-state index in [1.165, 1.54) is 25.7 Å². The molecule has 2 atom stereocenters. The van der Waals surface area contributed by atoms with Gasteiger partial charge in [0, 0.05) is 26.1 Å². The minimum atomic E-state index is -0.359. The maximum Gasteiger partial charge on any atom is 0.237 e. The van der Waals surface area contributed by atoms with Crippen LogP contribution >= 0.6 is 11.8 Å². The Labute approximate surface area is 243 Å². The van der Waals surface area contributed by atoms with E-state index in [4.69, 9.17) is 0 Å². The maximum absolute atomic E-state index is 13.7. The van der Waals surface area contributed by atoms with Gasteiger partial charge in [-0.25, -0.2) is 0 Å². The summed E-state index contributed by atoms with van der Waals surface area (Å²) in [5, 5.41) is 9.36. The van der Waals surface area contributed by atoms with Crippen molar-refractivity contribution in [3.05, 3.63) is 102 Å². The molecule has 1 N–H and O–H groups in total. The number of carbonyl (C=O) groups is 2. The summed E-state index contributed by atoms with van der Waals surface area (Å²) in [6, 6.07) is 27.3. The van der Waals surface area contributed by atoms with Gasteiger partial charge in [0.05, 0.1) is 10.6 Å². The topological polar surface area (TPSA) is 60.9 Å². The molecule has 212 valence electrons. The summed E-state index contributed by atoms with van der Waals surface area (Å²) in [7, 11) is 0. The first-order valence-electron chi connectivity index (χ1n) is 14.6. The molecular formula is C34H42N2O3S. The second-order valence-electron chi connectivity index (χ2n) is 10.7. The van der Waals surface area contributed by atoms with Gasteiger partial charge in [-0.2, -0.15) is 0 Å². The van der Waals surface area contributed by atoms with Crippen LogP contribution in [0.15, 0.2) is 84.9 Å². The molecule has 1 aliphatic heterocycles. The van der Waals surface area contributed by atoms with Crippen molar-refractivity contribution in [1.29, 1.82) is 0 Å². The number of rotatable bonds is 15. The van der Waals surface area contributed by atoms with Crippen LogP contribution in [0.2, 0.25) is 0 Å². The van der Waals surface area contributed by atoms with Crippen LogP contribution in [0.25, 0.3) is 0 Å². The Hall–Kier alpha value is -3.25. The first-order valence-corrected chi connectivity index (χ1v) is 15.6. The van der Waals surface area contributed by atoms with Gasteiger partial charge in [-0.3, -0.25) is 9.59 Å². The number of phenolic OH excluding ortho intramolecular Hbond substituents is 1. The molecule has 0 aliphatic carbocycles. The lowest BCUT2D eigenvalue weighted by molar-refractivity contribution is -0.136. The van der Waals surface area contributed by atoms with Crippen LogP contribution in [0.3, 0.4) is 0 Å². The molecule has 6 heteroatoms. The number of benzene rings is 3. The summed E-state index contributed by atoms with van der Waals surface area (Å²) < 4.78 is 0. The first kappa shape index (κ1) is 29.7. The summed E-state index contributed by atoms with van der Waals surface area (Å²) in [6.07, 6.45) is 7.85. The molecule has 2 unspecified atom stereocenters. The van der Waals surface area contributed by atoms with Gasteiger partial charge in [0.15, 0.2) is 0 Å². The van der Waals surface area contributed by atoms with Gasteiger partial charge in [-0.05, 0) is 41.7 Å². The van der Waals surface area contributed by atoms with Crippen molar-refractivity contribution in [1.82, 2.24) is 9.80 Å². The number of nitrogens with zero attached hydrogens (tertiary/aromatic N) is 2. The van der Waals surface area contributed by atoms with E-state index in [1.54, 1.807) is 23.9 Å². The Morgan fingerprint density at radius 3 is 2.02 bits per heavy atom. The highest BCUT2D eigenvalue weighted by Crippen LogP contribution is 2.37. The average molecular weight is 559 g/mol. The summed E-state index contributed by atoms with van der Waals surface area (Å²) in [6.45, 7) is 3.88. The molecular weight excluding hydrogens is 516 g/mol. The number of aromatic hydroxyl groups is 1. The molecule has 0 bridgehead atoms. The maximum atomic E-state index is 13.7. The lowest BCUT2D eigenvalue weighted by atomic mass is 10.1. The molecule has 1 saturated heterocycles. The Kier molecular flexibility index (Phi) is 11.5. The molecule has 5 nitrogen and oxygen atoms in total. The fourth-order valence-electron chi connectivity index (χ4n) is 5.22. The third-order valence-electron chi connectivity index (χ3n) is 7.51. The Bertz CT molecular complexity index is 1150. The number of phenols is 1. The van der Waals surface area contributed by atoms with Crippen LogP contribution in [-0.4, -0.2) is 43.9 Å². The summed E-state index contributed by atoms with van der Waals surface area (Å²) in [4.78, 5) is 31.3. The third kappa shape index (κ3) is 8.88. The molecule has 1 fully saturated rings. The van der Waals surface area contributed by atoms with Gasteiger partial charge < -0.3 is 14.9 Å². The zero-order valence-corrected chi connectivity index (χ0v) is 24.4. The van der Waals surface area contributed by atoms with Gasteiger partial charge in [0.25, 0.3) is 0 Å². The number of amides is 2. The standard InChI is InChI=1S/C34H42N2O3S/c1-2-3-4-5-12-17-33-36(23-22-27-18-20-30(37)21-19-27)34(39)31(40-33)24-32(38)35(25-28-13-8-6-9-14-28)26-29-15-10-7-11-16-29/h6-11,13-16,18-21,31,33,37H,2-5,12,17,22-26H2,1H3. The van der Waals surface area contributed by atoms with Crippen LogP contribution in [0.4, 0.5) is 0 Å². The Balaban J connectivity index is 1.44. The predicted octanol–water partition coefficient (Wildman–Crippen LogP) is 7.18. The molecule has 0 aromatic heterocycles. The highest BCUT2D eigenvalue weighted by atomic mass is 32.2. The predicted molar refractivity (Wildman–Crippen MR) is 164 cm³/mol. The van der Waals surface area contributed by atoms with E-state index in [2.05, 4.69) is 6.92 Å². The molecule has 1 heterocycles. The highest BCUT2D eigenvalue weighted by molar-refractivity contribution is 8.01. The van der Waals surface area contributed by atoms with Gasteiger partial charge in [0.2, 0.25) is 11.8 Å². The summed E-state index contributed by atoms with van der Waals surface area (Å²) in [5.74, 6) is 0.339. The van der Waals surface area contributed by atoms with Crippen LogP contribution in [0.1, 0.15) is 68.6 Å². The number of thioether (sulfide) groups is 1. The minimum Gasteiger partial charge on any atom is -0.508 e. The lowest BCUT2D eigenvalue weighted by Gasteiger charge is -2.24. The molecule has 1 aliphatic rings. The molecule has 0 saturated carbocycles. The SMILES string of the molecule is CCCCCCCC1SC(CC(=O)N(Cc2ccccc2)Cc2ccccc2)C(=O)N1CCc1ccc(O)cc1. The molecule has 4 rings (SSSR count).